The molecule has 1 aliphatic rings. The van der Waals surface area contributed by atoms with Crippen LogP contribution >= 0.6 is 0 Å². The fourth-order valence-corrected chi connectivity index (χ4v) is 1.97. The molecule has 0 atom stereocenters. The summed E-state index contributed by atoms with van der Waals surface area (Å²) < 4.78 is 19.0. The maximum Gasteiger partial charge on any atom is 0.254 e. The SMILES string of the molecule is NNc1nccc(C(=O)NCCN2CCOCC2)c1F. The van der Waals surface area contributed by atoms with E-state index in [4.69, 9.17) is 10.6 Å². The van der Waals surface area contributed by atoms with E-state index in [1.807, 2.05) is 0 Å². The molecular weight excluding hydrogens is 265 g/mol. The van der Waals surface area contributed by atoms with Gasteiger partial charge in [0.05, 0.1) is 18.8 Å². The summed E-state index contributed by atoms with van der Waals surface area (Å²) in [6.07, 6.45) is 1.33. The van der Waals surface area contributed by atoms with Gasteiger partial charge < -0.3 is 15.5 Å². The van der Waals surface area contributed by atoms with Crippen molar-refractivity contribution in [3.63, 3.8) is 0 Å². The van der Waals surface area contributed by atoms with Gasteiger partial charge in [0.15, 0.2) is 11.6 Å². The number of pyridine rings is 1. The van der Waals surface area contributed by atoms with Crippen molar-refractivity contribution in [2.75, 3.05) is 44.8 Å². The molecule has 0 spiro atoms. The number of aromatic nitrogens is 1. The van der Waals surface area contributed by atoms with Gasteiger partial charge in [0.1, 0.15) is 0 Å². The first kappa shape index (κ1) is 14.6. The van der Waals surface area contributed by atoms with E-state index in [0.29, 0.717) is 26.3 Å². The van der Waals surface area contributed by atoms with Crippen LogP contribution in [-0.4, -0.2) is 55.2 Å². The summed E-state index contributed by atoms with van der Waals surface area (Å²) in [6, 6.07) is 1.32. The predicted octanol–water partition coefficient (Wildman–Crippen LogP) is -0.432. The molecule has 0 aromatic carbocycles. The number of carbonyl (C=O) groups excluding carboxylic acids is 1. The number of hydrazine groups is 1. The third-order valence-electron chi connectivity index (χ3n) is 3.09. The fourth-order valence-electron chi connectivity index (χ4n) is 1.97. The number of anilines is 1. The molecule has 0 saturated carbocycles. The lowest BCUT2D eigenvalue weighted by Gasteiger charge is -2.26. The number of nitrogen functional groups attached to an aromatic ring is 1. The first-order chi connectivity index (χ1) is 9.72. The quantitative estimate of drug-likeness (QED) is 0.501. The number of carbonyl (C=O) groups is 1. The van der Waals surface area contributed by atoms with E-state index >= 15 is 0 Å². The van der Waals surface area contributed by atoms with Crippen molar-refractivity contribution in [1.82, 2.24) is 15.2 Å². The molecule has 1 amide bonds. The Morgan fingerprint density at radius 2 is 2.25 bits per heavy atom. The smallest absolute Gasteiger partial charge is 0.254 e. The molecule has 0 radical (unpaired) electrons. The number of nitrogens with zero attached hydrogens (tertiary/aromatic N) is 2. The minimum atomic E-state index is -0.751. The fraction of sp³-hybridized carbons (Fsp3) is 0.500. The summed E-state index contributed by atoms with van der Waals surface area (Å²) in [6.45, 7) is 4.27. The van der Waals surface area contributed by atoms with Crippen LogP contribution in [0.1, 0.15) is 10.4 Å². The van der Waals surface area contributed by atoms with Crippen molar-refractivity contribution < 1.29 is 13.9 Å². The lowest BCUT2D eigenvalue weighted by Crippen LogP contribution is -2.41. The second-order valence-corrected chi connectivity index (χ2v) is 4.38. The van der Waals surface area contributed by atoms with E-state index in [2.05, 4.69) is 20.6 Å². The van der Waals surface area contributed by atoms with Gasteiger partial charge in [-0.1, -0.05) is 0 Å². The molecule has 1 aromatic rings. The number of hydrogen-bond donors (Lipinski definition) is 3. The Hall–Kier alpha value is -1.77. The lowest BCUT2D eigenvalue weighted by molar-refractivity contribution is 0.0383. The molecular formula is C12H18FN5O2. The molecule has 110 valence electrons. The molecule has 1 aliphatic heterocycles. The van der Waals surface area contributed by atoms with Crippen LogP contribution in [0.5, 0.6) is 0 Å². The van der Waals surface area contributed by atoms with Crippen LogP contribution in [-0.2, 0) is 4.74 Å². The number of hydrogen-bond acceptors (Lipinski definition) is 6. The Labute approximate surface area is 116 Å². The molecule has 0 unspecified atom stereocenters. The highest BCUT2D eigenvalue weighted by Gasteiger charge is 2.16. The molecule has 4 N–H and O–H groups in total. The minimum absolute atomic E-state index is 0.0741. The summed E-state index contributed by atoms with van der Waals surface area (Å²) in [7, 11) is 0. The molecule has 0 aliphatic carbocycles. The summed E-state index contributed by atoms with van der Waals surface area (Å²) in [5.41, 5.74) is 2.04. The van der Waals surface area contributed by atoms with E-state index in [1.165, 1.54) is 12.3 Å². The number of amides is 1. The van der Waals surface area contributed by atoms with Gasteiger partial charge in [-0.3, -0.25) is 9.69 Å². The Bertz CT molecular complexity index is 465. The zero-order valence-electron chi connectivity index (χ0n) is 11.1. The summed E-state index contributed by atoms with van der Waals surface area (Å²) in [5, 5.41) is 2.68. The van der Waals surface area contributed by atoms with Crippen LogP contribution in [0.15, 0.2) is 12.3 Å². The Morgan fingerprint density at radius 3 is 2.95 bits per heavy atom. The summed E-state index contributed by atoms with van der Waals surface area (Å²) in [5.74, 6) is 3.74. The van der Waals surface area contributed by atoms with Gasteiger partial charge in [-0.2, -0.15) is 0 Å². The number of ether oxygens (including phenoxy) is 1. The molecule has 7 nitrogen and oxygen atoms in total. The molecule has 0 bridgehead atoms. The van der Waals surface area contributed by atoms with E-state index < -0.39 is 11.7 Å². The van der Waals surface area contributed by atoms with E-state index in [0.717, 1.165) is 13.1 Å². The van der Waals surface area contributed by atoms with Crippen LogP contribution in [0.3, 0.4) is 0 Å². The van der Waals surface area contributed by atoms with Crippen LogP contribution in [0.25, 0.3) is 0 Å². The maximum atomic E-state index is 13.8. The normalized spacial score (nSPS) is 15.9. The average molecular weight is 283 g/mol. The van der Waals surface area contributed by atoms with Gasteiger partial charge in [0.25, 0.3) is 5.91 Å². The van der Waals surface area contributed by atoms with E-state index in [1.54, 1.807) is 0 Å². The van der Waals surface area contributed by atoms with Gasteiger partial charge in [-0.05, 0) is 6.07 Å². The largest absolute Gasteiger partial charge is 0.379 e. The molecule has 2 heterocycles. The lowest BCUT2D eigenvalue weighted by atomic mass is 10.2. The number of nitrogens with two attached hydrogens (primary N) is 1. The third kappa shape index (κ3) is 3.62. The van der Waals surface area contributed by atoms with Crippen molar-refractivity contribution in [3.8, 4) is 0 Å². The van der Waals surface area contributed by atoms with Crippen molar-refractivity contribution in [2.24, 2.45) is 5.84 Å². The second-order valence-electron chi connectivity index (χ2n) is 4.38. The number of halogens is 1. The molecule has 1 aromatic heterocycles. The minimum Gasteiger partial charge on any atom is -0.379 e. The number of nitrogens with one attached hydrogen (secondary N) is 2. The zero-order valence-corrected chi connectivity index (χ0v) is 11.1. The van der Waals surface area contributed by atoms with Crippen LogP contribution in [0.2, 0.25) is 0 Å². The summed E-state index contributed by atoms with van der Waals surface area (Å²) in [4.78, 5) is 17.7. The van der Waals surface area contributed by atoms with E-state index in [-0.39, 0.29) is 11.4 Å². The highest BCUT2D eigenvalue weighted by Crippen LogP contribution is 2.13. The number of morpholine rings is 1. The third-order valence-corrected chi connectivity index (χ3v) is 3.09. The van der Waals surface area contributed by atoms with Crippen molar-refractivity contribution in [1.29, 1.82) is 0 Å². The first-order valence-electron chi connectivity index (χ1n) is 6.42. The predicted molar refractivity (Wildman–Crippen MR) is 71.6 cm³/mol. The zero-order chi connectivity index (χ0) is 14.4. The molecule has 8 heteroatoms. The highest BCUT2D eigenvalue weighted by atomic mass is 19.1. The average Bonchev–Trinajstić information content (AvgIpc) is 2.48. The molecule has 1 saturated heterocycles. The van der Waals surface area contributed by atoms with Gasteiger partial charge >= 0.3 is 0 Å². The van der Waals surface area contributed by atoms with Gasteiger partial charge in [0.2, 0.25) is 0 Å². The molecule has 20 heavy (non-hydrogen) atoms. The molecule has 2 rings (SSSR count). The van der Waals surface area contributed by atoms with Crippen LogP contribution in [0.4, 0.5) is 10.2 Å². The Balaban J connectivity index is 1.85. The first-order valence-corrected chi connectivity index (χ1v) is 6.42. The van der Waals surface area contributed by atoms with Crippen molar-refractivity contribution in [3.05, 3.63) is 23.6 Å². The van der Waals surface area contributed by atoms with Gasteiger partial charge in [-0.25, -0.2) is 15.2 Å². The van der Waals surface area contributed by atoms with Crippen LogP contribution < -0.4 is 16.6 Å². The van der Waals surface area contributed by atoms with Crippen molar-refractivity contribution in [2.45, 2.75) is 0 Å². The highest BCUT2D eigenvalue weighted by molar-refractivity contribution is 5.95. The monoisotopic (exact) mass is 283 g/mol. The Kier molecular flexibility index (Phi) is 5.22. The van der Waals surface area contributed by atoms with Crippen LogP contribution in [0, 0.1) is 5.82 Å². The maximum absolute atomic E-state index is 13.8. The second kappa shape index (κ2) is 7.13. The summed E-state index contributed by atoms with van der Waals surface area (Å²) >= 11 is 0. The van der Waals surface area contributed by atoms with E-state index in [9.17, 15) is 9.18 Å². The van der Waals surface area contributed by atoms with Gasteiger partial charge in [0, 0.05) is 32.4 Å². The number of rotatable bonds is 5. The standard InChI is InChI=1S/C12H18FN5O2/c13-10-9(1-2-15-11(10)17-14)12(19)16-3-4-18-5-7-20-8-6-18/h1-2H,3-8,14H2,(H,15,17)(H,16,19). The van der Waals surface area contributed by atoms with Gasteiger partial charge in [-0.15, -0.1) is 0 Å². The topological polar surface area (TPSA) is 92.5 Å². The van der Waals surface area contributed by atoms with Crippen molar-refractivity contribution >= 4 is 11.7 Å². The Morgan fingerprint density at radius 1 is 1.50 bits per heavy atom. The molecule has 1 fully saturated rings.